The highest BCUT2D eigenvalue weighted by atomic mass is 32.2. The SMILES string of the molecule is COc1c(SC)ccc(C(C)(C)N)c1OC. The maximum atomic E-state index is 6.11. The number of hydrogen-bond donors (Lipinski definition) is 1. The summed E-state index contributed by atoms with van der Waals surface area (Å²) in [6, 6.07) is 4.00. The highest BCUT2D eigenvalue weighted by molar-refractivity contribution is 7.98. The molecule has 0 saturated carbocycles. The lowest BCUT2D eigenvalue weighted by molar-refractivity contribution is 0.337. The van der Waals surface area contributed by atoms with Gasteiger partial charge in [-0.05, 0) is 26.2 Å². The first kappa shape index (κ1) is 13.2. The van der Waals surface area contributed by atoms with E-state index < -0.39 is 5.54 Å². The third kappa shape index (κ3) is 2.44. The van der Waals surface area contributed by atoms with Gasteiger partial charge < -0.3 is 15.2 Å². The largest absolute Gasteiger partial charge is 0.492 e. The van der Waals surface area contributed by atoms with Gasteiger partial charge in [0.05, 0.1) is 19.1 Å². The smallest absolute Gasteiger partial charge is 0.174 e. The third-order valence-electron chi connectivity index (χ3n) is 2.40. The van der Waals surface area contributed by atoms with Gasteiger partial charge in [0, 0.05) is 11.1 Å². The molecule has 0 aliphatic carbocycles. The van der Waals surface area contributed by atoms with Gasteiger partial charge in [-0.1, -0.05) is 6.07 Å². The van der Waals surface area contributed by atoms with Crippen molar-refractivity contribution < 1.29 is 9.47 Å². The molecule has 2 N–H and O–H groups in total. The Kier molecular flexibility index (Phi) is 4.10. The van der Waals surface area contributed by atoms with Crippen LogP contribution >= 0.6 is 11.8 Å². The van der Waals surface area contributed by atoms with Gasteiger partial charge >= 0.3 is 0 Å². The average molecular weight is 241 g/mol. The molecule has 1 rings (SSSR count). The molecule has 0 fully saturated rings. The summed E-state index contributed by atoms with van der Waals surface area (Å²) in [5.74, 6) is 1.48. The summed E-state index contributed by atoms with van der Waals surface area (Å²) in [7, 11) is 3.28. The van der Waals surface area contributed by atoms with Gasteiger partial charge in [0.1, 0.15) is 0 Å². The van der Waals surface area contributed by atoms with Gasteiger partial charge in [0.15, 0.2) is 11.5 Å². The Balaban J connectivity index is 3.43. The van der Waals surface area contributed by atoms with Gasteiger partial charge in [0.2, 0.25) is 0 Å². The molecule has 4 heteroatoms. The van der Waals surface area contributed by atoms with Crippen molar-refractivity contribution in [1.82, 2.24) is 0 Å². The predicted molar refractivity (Wildman–Crippen MR) is 68.5 cm³/mol. The van der Waals surface area contributed by atoms with Crippen molar-refractivity contribution in [1.29, 1.82) is 0 Å². The van der Waals surface area contributed by atoms with Crippen LogP contribution in [0.2, 0.25) is 0 Å². The van der Waals surface area contributed by atoms with Crippen molar-refractivity contribution in [3.63, 3.8) is 0 Å². The highest BCUT2D eigenvalue weighted by Crippen LogP contribution is 2.42. The van der Waals surface area contributed by atoms with E-state index in [1.54, 1.807) is 26.0 Å². The van der Waals surface area contributed by atoms with Crippen LogP contribution in [-0.4, -0.2) is 20.5 Å². The lowest BCUT2D eigenvalue weighted by atomic mass is 9.94. The van der Waals surface area contributed by atoms with Gasteiger partial charge in [-0.3, -0.25) is 0 Å². The Hall–Kier alpha value is -0.870. The number of thioether (sulfide) groups is 1. The monoisotopic (exact) mass is 241 g/mol. The van der Waals surface area contributed by atoms with E-state index in [9.17, 15) is 0 Å². The second-order valence-corrected chi connectivity index (χ2v) is 4.95. The third-order valence-corrected chi connectivity index (χ3v) is 3.16. The Labute approximate surface area is 101 Å². The van der Waals surface area contributed by atoms with E-state index >= 15 is 0 Å². The van der Waals surface area contributed by atoms with Crippen LogP contribution in [0.3, 0.4) is 0 Å². The number of hydrogen-bond acceptors (Lipinski definition) is 4. The van der Waals surface area contributed by atoms with Crippen molar-refractivity contribution in [3.8, 4) is 11.5 Å². The van der Waals surface area contributed by atoms with Crippen molar-refractivity contribution in [2.75, 3.05) is 20.5 Å². The van der Waals surface area contributed by atoms with Crippen molar-refractivity contribution in [3.05, 3.63) is 17.7 Å². The van der Waals surface area contributed by atoms with Crippen LogP contribution in [-0.2, 0) is 5.54 Å². The lowest BCUT2D eigenvalue weighted by Crippen LogP contribution is -2.29. The first-order valence-corrected chi connectivity index (χ1v) is 6.26. The van der Waals surface area contributed by atoms with Gasteiger partial charge in [-0.2, -0.15) is 0 Å². The summed E-state index contributed by atoms with van der Waals surface area (Å²) in [5.41, 5.74) is 6.61. The normalized spacial score (nSPS) is 11.4. The Bertz CT molecular complexity index is 372. The van der Waals surface area contributed by atoms with E-state index in [-0.39, 0.29) is 0 Å². The van der Waals surface area contributed by atoms with Gasteiger partial charge in [-0.15, -0.1) is 11.8 Å². The predicted octanol–water partition coefficient (Wildman–Crippen LogP) is 2.62. The van der Waals surface area contributed by atoms with Crippen molar-refractivity contribution in [2.24, 2.45) is 5.73 Å². The second kappa shape index (κ2) is 4.97. The summed E-state index contributed by atoms with van der Waals surface area (Å²) >= 11 is 1.62. The average Bonchev–Trinajstić information content (AvgIpc) is 2.25. The molecule has 0 aliphatic heterocycles. The van der Waals surface area contributed by atoms with Crippen LogP contribution in [0.25, 0.3) is 0 Å². The van der Waals surface area contributed by atoms with E-state index in [0.29, 0.717) is 0 Å². The second-order valence-electron chi connectivity index (χ2n) is 4.10. The molecule has 90 valence electrons. The Morgan fingerprint density at radius 2 is 1.69 bits per heavy atom. The number of ether oxygens (including phenoxy) is 2. The first-order chi connectivity index (χ1) is 7.45. The molecule has 0 radical (unpaired) electrons. The molecular formula is C12H19NO2S. The molecule has 0 aliphatic rings. The number of benzene rings is 1. The molecule has 0 spiro atoms. The summed E-state index contributed by atoms with van der Waals surface area (Å²) in [6.45, 7) is 3.89. The highest BCUT2D eigenvalue weighted by Gasteiger charge is 2.23. The molecule has 1 aromatic rings. The Morgan fingerprint density at radius 1 is 1.12 bits per heavy atom. The number of methoxy groups -OCH3 is 2. The van der Waals surface area contributed by atoms with Crippen LogP contribution in [0.1, 0.15) is 19.4 Å². The topological polar surface area (TPSA) is 44.5 Å². The van der Waals surface area contributed by atoms with Crippen molar-refractivity contribution in [2.45, 2.75) is 24.3 Å². The molecule has 0 amide bonds. The maximum Gasteiger partial charge on any atom is 0.174 e. The van der Waals surface area contributed by atoms with E-state index in [2.05, 4.69) is 0 Å². The molecule has 3 nitrogen and oxygen atoms in total. The summed E-state index contributed by atoms with van der Waals surface area (Å²) in [6.07, 6.45) is 2.00. The quantitative estimate of drug-likeness (QED) is 0.823. The van der Waals surface area contributed by atoms with Crippen LogP contribution in [0.15, 0.2) is 17.0 Å². The Morgan fingerprint density at radius 3 is 2.06 bits per heavy atom. The zero-order valence-corrected chi connectivity index (χ0v) is 11.3. The summed E-state index contributed by atoms with van der Waals surface area (Å²) in [4.78, 5) is 1.05. The fourth-order valence-corrected chi connectivity index (χ4v) is 2.17. The molecule has 1 aromatic carbocycles. The van der Waals surface area contributed by atoms with E-state index in [4.69, 9.17) is 15.2 Å². The minimum absolute atomic E-state index is 0.449. The lowest BCUT2D eigenvalue weighted by Gasteiger charge is -2.24. The van der Waals surface area contributed by atoms with E-state index in [1.165, 1.54) is 0 Å². The summed E-state index contributed by atoms with van der Waals surface area (Å²) < 4.78 is 10.8. The zero-order chi connectivity index (χ0) is 12.3. The van der Waals surface area contributed by atoms with Crippen LogP contribution in [0.4, 0.5) is 0 Å². The minimum atomic E-state index is -0.449. The van der Waals surface area contributed by atoms with Crippen molar-refractivity contribution >= 4 is 11.8 Å². The standard InChI is InChI=1S/C12H19NO2S/c1-12(2,13)8-6-7-9(16-5)11(15-4)10(8)14-3/h6-7H,13H2,1-5H3. The maximum absolute atomic E-state index is 6.11. The van der Waals surface area contributed by atoms with E-state index in [1.807, 2.05) is 32.2 Å². The van der Waals surface area contributed by atoms with E-state index in [0.717, 1.165) is 22.0 Å². The molecule has 0 atom stereocenters. The zero-order valence-electron chi connectivity index (χ0n) is 10.5. The fourth-order valence-electron chi connectivity index (χ4n) is 1.61. The van der Waals surface area contributed by atoms with Crippen LogP contribution in [0, 0.1) is 0 Å². The number of rotatable bonds is 4. The van der Waals surface area contributed by atoms with Crippen LogP contribution < -0.4 is 15.2 Å². The van der Waals surface area contributed by atoms with Gasteiger partial charge in [-0.25, -0.2) is 0 Å². The minimum Gasteiger partial charge on any atom is -0.492 e. The molecular weight excluding hydrogens is 222 g/mol. The molecule has 0 heterocycles. The molecule has 0 aromatic heterocycles. The molecule has 16 heavy (non-hydrogen) atoms. The fraction of sp³-hybridized carbons (Fsp3) is 0.500. The summed E-state index contributed by atoms with van der Waals surface area (Å²) in [5, 5.41) is 0. The molecule has 0 saturated heterocycles. The molecule has 0 unspecified atom stereocenters. The van der Waals surface area contributed by atoms with Gasteiger partial charge in [0.25, 0.3) is 0 Å². The van der Waals surface area contributed by atoms with Crippen LogP contribution in [0.5, 0.6) is 11.5 Å². The first-order valence-electron chi connectivity index (χ1n) is 5.04. The molecule has 0 bridgehead atoms. The number of nitrogens with two attached hydrogens (primary N) is 1.